The number of nitrogens with zero attached hydrogens (tertiary/aromatic N) is 5. The number of fused-ring (bicyclic) bond motifs is 10. The first-order chi connectivity index (χ1) is 27.2. The second-order valence-corrected chi connectivity index (χ2v) is 14.7. The van der Waals surface area contributed by atoms with E-state index in [1.807, 2.05) is 0 Å². The number of hydrogen-bond acceptors (Lipinski definition) is 2. The number of aromatic nitrogens is 5. The van der Waals surface area contributed by atoms with Gasteiger partial charge in [0.15, 0.2) is 0 Å². The summed E-state index contributed by atoms with van der Waals surface area (Å²) in [5.41, 5.74) is 12.8. The molecule has 0 amide bonds. The maximum absolute atomic E-state index is 5.13. The molecule has 0 saturated carbocycles. The van der Waals surface area contributed by atoms with Crippen LogP contribution >= 0.6 is 0 Å². The lowest BCUT2D eigenvalue weighted by Gasteiger charge is -2.20. The Hall–Kier alpha value is -6.98. The topological polar surface area (TPSA) is 40.0 Å². The highest BCUT2D eigenvalue weighted by Gasteiger charge is 2.25. The summed E-state index contributed by atoms with van der Waals surface area (Å²) in [6.07, 6.45) is 1.64. The van der Waals surface area contributed by atoms with Crippen LogP contribution in [0.15, 0.2) is 152 Å². The molecule has 8 aromatic carbocycles. The van der Waals surface area contributed by atoms with Crippen LogP contribution in [-0.4, -0.2) is 23.5 Å². The lowest BCUT2D eigenvalue weighted by Crippen LogP contribution is -2.03. The molecule has 0 N–H and O–H groups in total. The molecule has 55 heavy (non-hydrogen) atoms. The van der Waals surface area contributed by atoms with Gasteiger partial charge in [-0.2, -0.15) is 0 Å². The Morgan fingerprint density at radius 2 is 0.909 bits per heavy atom. The summed E-state index contributed by atoms with van der Waals surface area (Å²) in [6, 6.07) is 55.6. The zero-order valence-electron chi connectivity index (χ0n) is 30.6. The molecule has 0 fully saturated rings. The second kappa shape index (κ2) is 11.3. The molecule has 0 radical (unpaired) electrons. The van der Waals surface area contributed by atoms with E-state index in [0.717, 1.165) is 57.9 Å². The molecular formula is C50H35N5. The maximum atomic E-state index is 5.13. The van der Waals surface area contributed by atoms with Gasteiger partial charge in [0.1, 0.15) is 11.6 Å². The van der Waals surface area contributed by atoms with Crippen molar-refractivity contribution in [3.05, 3.63) is 163 Å². The van der Waals surface area contributed by atoms with Crippen LogP contribution in [0.5, 0.6) is 0 Å². The number of rotatable bonds is 5. The number of aryl methyl sites for hydroxylation is 2. The van der Waals surface area contributed by atoms with Crippen molar-refractivity contribution in [1.29, 1.82) is 0 Å². The first kappa shape index (κ1) is 30.5. The summed E-state index contributed by atoms with van der Waals surface area (Å²) >= 11 is 0. The van der Waals surface area contributed by atoms with Crippen molar-refractivity contribution in [3.63, 3.8) is 0 Å². The van der Waals surface area contributed by atoms with Crippen molar-refractivity contribution in [3.8, 4) is 22.5 Å². The van der Waals surface area contributed by atoms with Crippen LogP contribution in [0.2, 0.25) is 0 Å². The van der Waals surface area contributed by atoms with E-state index in [1.54, 1.807) is 0 Å². The predicted molar refractivity (Wildman–Crippen MR) is 230 cm³/mol. The van der Waals surface area contributed by atoms with Crippen LogP contribution in [-0.2, 0) is 12.8 Å². The minimum Gasteiger partial charge on any atom is -0.308 e. The third kappa shape index (κ3) is 4.02. The Morgan fingerprint density at radius 3 is 1.49 bits per heavy atom. The van der Waals surface area contributed by atoms with Gasteiger partial charge in [-0.05, 0) is 76.5 Å². The molecule has 5 heteroatoms. The molecule has 0 saturated heterocycles. The van der Waals surface area contributed by atoms with Crippen molar-refractivity contribution in [2.45, 2.75) is 26.7 Å². The molecule has 0 aliphatic carbocycles. The Balaban J connectivity index is 1.30. The average Bonchev–Trinajstić information content (AvgIpc) is 3.99. The fraction of sp³-hybridized carbons (Fsp3) is 0.0800. The van der Waals surface area contributed by atoms with Gasteiger partial charge in [0.2, 0.25) is 0 Å². The van der Waals surface area contributed by atoms with Gasteiger partial charge in [0.25, 0.3) is 0 Å². The quantitative estimate of drug-likeness (QED) is 0.167. The van der Waals surface area contributed by atoms with Crippen LogP contribution in [0.3, 0.4) is 0 Å². The highest BCUT2D eigenvalue weighted by Crippen LogP contribution is 2.48. The Bertz CT molecular complexity index is 3380. The molecule has 0 bridgehead atoms. The Labute approximate surface area is 316 Å². The van der Waals surface area contributed by atoms with E-state index in [-0.39, 0.29) is 0 Å². The zero-order valence-corrected chi connectivity index (χ0v) is 30.6. The standard InChI is InChI=1S/C50H35N5/c1-3-46-51-38-19-7-11-23-44(38)53(46)42-25-13-17-31-36(42)29-37-32(18-14-26-43(37)54-45-24-12-8-20-39(45)52-47(54)4-2)48(31)35-28-27-33-30-15-5-9-21-40(30)55-41-22-10-6-16-34(41)49(35)50(33)55/h5-29H,3-4H2,1-2H3. The normalized spacial score (nSPS) is 12.3. The largest absolute Gasteiger partial charge is 0.308 e. The van der Waals surface area contributed by atoms with Crippen molar-refractivity contribution < 1.29 is 0 Å². The van der Waals surface area contributed by atoms with Crippen LogP contribution < -0.4 is 0 Å². The summed E-state index contributed by atoms with van der Waals surface area (Å²) in [5.74, 6) is 2.10. The summed E-state index contributed by atoms with van der Waals surface area (Å²) in [4.78, 5) is 10.3. The highest BCUT2D eigenvalue weighted by atomic mass is 15.1. The van der Waals surface area contributed by atoms with E-state index in [2.05, 4.69) is 179 Å². The molecular weight excluding hydrogens is 671 g/mol. The van der Waals surface area contributed by atoms with E-state index >= 15 is 0 Å². The molecule has 5 nitrogen and oxygen atoms in total. The minimum atomic E-state index is 0.819. The smallest absolute Gasteiger partial charge is 0.114 e. The molecule has 260 valence electrons. The van der Waals surface area contributed by atoms with Gasteiger partial charge in [-0.3, -0.25) is 9.13 Å². The second-order valence-electron chi connectivity index (χ2n) is 14.7. The first-order valence-electron chi connectivity index (χ1n) is 19.3. The summed E-state index contributed by atoms with van der Waals surface area (Å²) in [6.45, 7) is 4.40. The van der Waals surface area contributed by atoms with Gasteiger partial charge in [-0.15, -0.1) is 0 Å². The SMILES string of the molecule is CCc1nc2ccccc2n1-c1cccc2c(-c3ccc4c5ccccc5n5c6ccccc6c3c45)c3cccc(-n4c(CC)nc5ccccc54)c3cc12. The minimum absolute atomic E-state index is 0.819. The first-order valence-corrected chi connectivity index (χ1v) is 19.3. The van der Waals surface area contributed by atoms with Crippen LogP contribution in [0, 0.1) is 0 Å². The fourth-order valence-electron chi connectivity index (χ4n) is 9.65. The van der Waals surface area contributed by atoms with E-state index in [1.165, 1.54) is 70.8 Å². The van der Waals surface area contributed by atoms with Crippen LogP contribution in [0.1, 0.15) is 25.5 Å². The van der Waals surface area contributed by atoms with E-state index < -0.39 is 0 Å². The average molecular weight is 706 g/mol. The molecule has 0 atom stereocenters. The maximum Gasteiger partial charge on any atom is 0.114 e. The monoisotopic (exact) mass is 705 g/mol. The molecule has 12 aromatic rings. The van der Waals surface area contributed by atoms with Gasteiger partial charge in [-0.25, -0.2) is 9.97 Å². The highest BCUT2D eigenvalue weighted by molar-refractivity contribution is 6.30. The lowest BCUT2D eigenvalue weighted by molar-refractivity contribution is 0.912. The van der Waals surface area contributed by atoms with Crippen LogP contribution in [0.4, 0.5) is 0 Å². The number of hydrogen-bond donors (Lipinski definition) is 0. The molecule has 0 spiro atoms. The summed E-state index contributed by atoms with van der Waals surface area (Å²) in [7, 11) is 0. The molecule has 12 rings (SSSR count). The molecule has 4 aromatic heterocycles. The van der Waals surface area contributed by atoms with Gasteiger partial charge >= 0.3 is 0 Å². The van der Waals surface area contributed by atoms with E-state index in [0.29, 0.717) is 0 Å². The third-order valence-corrected chi connectivity index (χ3v) is 11.9. The van der Waals surface area contributed by atoms with Crippen LogP contribution in [0.25, 0.3) is 104 Å². The molecule has 0 unspecified atom stereocenters. The summed E-state index contributed by atoms with van der Waals surface area (Å²) in [5, 5.41) is 9.94. The number of benzene rings is 8. The van der Waals surface area contributed by atoms with E-state index in [9.17, 15) is 0 Å². The van der Waals surface area contributed by atoms with E-state index in [4.69, 9.17) is 9.97 Å². The molecule has 0 aliphatic heterocycles. The van der Waals surface area contributed by atoms with Gasteiger partial charge in [0.05, 0.1) is 50.0 Å². The van der Waals surface area contributed by atoms with Crippen molar-refractivity contribution in [2.75, 3.05) is 0 Å². The van der Waals surface area contributed by atoms with Crippen molar-refractivity contribution in [1.82, 2.24) is 23.5 Å². The van der Waals surface area contributed by atoms with Gasteiger partial charge in [-0.1, -0.05) is 111 Å². The molecule has 4 heterocycles. The lowest BCUT2D eigenvalue weighted by atomic mass is 9.88. The Morgan fingerprint density at radius 1 is 0.418 bits per heavy atom. The third-order valence-electron chi connectivity index (χ3n) is 11.9. The van der Waals surface area contributed by atoms with Gasteiger partial charge in [0, 0.05) is 45.2 Å². The number of imidazole rings is 2. The van der Waals surface area contributed by atoms with Gasteiger partial charge < -0.3 is 4.40 Å². The summed E-state index contributed by atoms with van der Waals surface area (Å²) < 4.78 is 7.25. The Kier molecular flexibility index (Phi) is 6.24. The number of para-hydroxylation sites is 6. The van der Waals surface area contributed by atoms with Crippen molar-refractivity contribution >= 4 is 81.7 Å². The predicted octanol–water partition coefficient (Wildman–Crippen LogP) is 12.6. The zero-order chi connectivity index (χ0) is 36.4. The van der Waals surface area contributed by atoms with Crippen molar-refractivity contribution in [2.24, 2.45) is 0 Å². The fourth-order valence-corrected chi connectivity index (χ4v) is 9.65. The molecule has 0 aliphatic rings.